The molecule has 10 aromatic carbocycles. The van der Waals surface area contributed by atoms with E-state index >= 15 is 0 Å². The van der Waals surface area contributed by atoms with Crippen LogP contribution in [0, 0.1) is 13.8 Å². The van der Waals surface area contributed by atoms with Crippen LogP contribution in [0.4, 0.5) is 34.1 Å². The standard InChI is InChI=1S/C94H88N2O8/c1-11-67-49-68(12-2)54-79(53-67)61-101-91(97)43-27-75-19-33-85(34-20-75)95(86-35-21-76(22-36-86)28-44-92(98)102-62-80-55-69(13-3)50-70(14-4)56-80)89-41-31-83(47-65(89)9)84-32-42-90(66(10)48-84)96(87-37-23-77(24-38-87)29-45-93(99)103-63-81-57-71(15-5)51-72(16-6)58-81)88-39-25-78(26-40-88)30-46-94(100)104-64-82-59-73(17-7)52-74(18-8)60-82/h11-26,31-42,47-60H,1-8,27-30,43-46,61-64H2,9-10H3. The molecule has 0 atom stereocenters. The van der Waals surface area contributed by atoms with Gasteiger partial charge in [-0.3, -0.25) is 19.2 Å². The molecule has 522 valence electrons. The molecule has 10 aromatic rings. The molecule has 0 fully saturated rings. The van der Waals surface area contributed by atoms with E-state index < -0.39 is 0 Å². The van der Waals surface area contributed by atoms with E-state index in [1.54, 1.807) is 48.6 Å². The predicted molar refractivity (Wildman–Crippen MR) is 430 cm³/mol. The summed E-state index contributed by atoms with van der Waals surface area (Å²) in [6.07, 6.45) is 17.0. The number of hydrogen-bond donors (Lipinski definition) is 0. The third-order valence-corrected chi connectivity index (χ3v) is 18.1. The number of aryl methyl sites for hydroxylation is 6. The SMILES string of the molecule is C=Cc1cc(C=C)cc(COC(=O)CCc2ccc(N(c3ccc(CCC(=O)OCc4cc(C=C)cc(C=C)c4)cc3)c3ccc(-c4ccc(N(c5ccc(CCC(=O)OCc6cc(C=C)cc(C=C)c6)cc5)c5ccc(CCC(=O)OCc6cc(C=C)cc(C=C)c6)cc5)c(C)c4)cc3C)cc2)c1. The summed E-state index contributed by atoms with van der Waals surface area (Å²) in [5.41, 5.74) is 24.6. The molecule has 10 rings (SSSR count). The van der Waals surface area contributed by atoms with E-state index in [2.05, 4.69) is 210 Å². The molecular weight excluding hydrogens is 1290 g/mol. The third-order valence-electron chi connectivity index (χ3n) is 18.1. The third kappa shape index (κ3) is 20.4. The van der Waals surface area contributed by atoms with Crippen molar-refractivity contribution in [2.75, 3.05) is 9.80 Å². The Morgan fingerprint density at radius 1 is 0.269 bits per heavy atom. The molecule has 10 nitrogen and oxygen atoms in total. The number of hydrogen-bond acceptors (Lipinski definition) is 10. The first-order chi connectivity index (χ1) is 50.5. The van der Waals surface area contributed by atoms with Crippen LogP contribution in [0.5, 0.6) is 0 Å². The van der Waals surface area contributed by atoms with E-state index in [-0.39, 0.29) is 76.0 Å². The van der Waals surface area contributed by atoms with Crippen molar-refractivity contribution in [1.82, 2.24) is 0 Å². The molecule has 0 aliphatic carbocycles. The largest absolute Gasteiger partial charge is 0.461 e. The number of benzene rings is 10. The molecule has 0 saturated heterocycles. The summed E-state index contributed by atoms with van der Waals surface area (Å²) in [4.78, 5) is 57.0. The molecule has 104 heavy (non-hydrogen) atoms. The first-order valence-corrected chi connectivity index (χ1v) is 34.9. The minimum atomic E-state index is -0.289. The molecule has 0 amide bonds. The van der Waals surface area contributed by atoms with Gasteiger partial charge in [0.05, 0.1) is 0 Å². The molecule has 0 spiro atoms. The average molecular weight is 1370 g/mol. The molecule has 0 unspecified atom stereocenters. The Bertz CT molecular complexity index is 4160. The molecule has 0 N–H and O–H groups in total. The number of rotatable bonds is 35. The van der Waals surface area contributed by atoms with E-state index in [9.17, 15) is 19.2 Å². The lowest BCUT2D eigenvalue weighted by molar-refractivity contribution is -0.145. The molecule has 0 radical (unpaired) electrons. The normalized spacial score (nSPS) is 10.8. The maximum absolute atomic E-state index is 13.1. The van der Waals surface area contributed by atoms with Crippen LogP contribution in [0.15, 0.2) is 259 Å². The summed E-state index contributed by atoms with van der Waals surface area (Å²) in [5, 5.41) is 0. The summed E-state index contributed by atoms with van der Waals surface area (Å²) in [7, 11) is 0. The second-order valence-corrected chi connectivity index (χ2v) is 25.6. The van der Waals surface area contributed by atoms with Crippen LogP contribution in [0.1, 0.15) is 126 Å². The highest BCUT2D eigenvalue weighted by Gasteiger charge is 2.21. The van der Waals surface area contributed by atoms with Gasteiger partial charge in [0.2, 0.25) is 0 Å². The molecule has 0 bridgehead atoms. The number of ether oxygens (including phenoxy) is 4. The van der Waals surface area contributed by atoms with Crippen LogP contribution in [-0.2, 0) is 90.2 Å². The molecule has 0 heterocycles. The van der Waals surface area contributed by atoms with Crippen molar-refractivity contribution in [1.29, 1.82) is 0 Å². The molecule has 0 aliphatic heterocycles. The van der Waals surface area contributed by atoms with Crippen molar-refractivity contribution in [2.45, 2.75) is 91.6 Å². The van der Waals surface area contributed by atoms with E-state index in [4.69, 9.17) is 18.9 Å². The van der Waals surface area contributed by atoms with Crippen LogP contribution in [-0.4, -0.2) is 23.9 Å². The van der Waals surface area contributed by atoms with Crippen LogP contribution in [0.25, 0.3) is 59.7 Å². The summed E-state index contributed by atoms with van der Waals surface area (Å²) in [5.74, 6) is -1.16. The summed E-state index contributed by atoms with van der Waals surface area (Å²) in [6, 6.07) is 69.7. The molecule has 0 aliphatic rings. The maximum atomic E-state index is 13.1. The van der Waals surface area contributed by atoms with Gasteiger partial charge in [-0.15, -0.1) is 0 Å². The number of anilines is 6. The highest BCUT2D eigenvalue weighted by Crippen LogP contribution is 2.42. The fourth-order valence-electron chi connectivity index (χ4n) is 12.5. The maximum Gasteiger partial charge on any atom is 0.306 e. The van der Waals surface area contributed by atoms with Gasteiger partial charge >= 0.3 is 23.9 Å². The van der Waals surface area contributed by atoms with Gasteiger partial charge < -0.3 is 28.7 Å². The van der Waals surface area contributed by atoms with Crippen molar-refractivity contribution in [3.8, 4) is 11.1 Å². The number of carbonyl (C=O) groups is 4. The van der Waals surface area contributed by atoms with E-state index in [1.165, 1.54) is 0 Å². The van der Waals surface area contributed by atoms with Gasteiger partial charge in [-0.1, -0.05) is 162 Å². The smallest absolute Gasteiger partial charge is 0.306 e. The number of nitrogens with zero attached hydrogens (tertiary/aromatic N) is 2. The topological polar surface area (TPSA) is 112 Å². The molecule has 10 heteroatoms. The zero-order valence-electron chi connectivity index (χ0n) is 59.6. The second kappa shape index (κ2) is 36.3. The highest BCUT2D eigenvalue weighted by molar-refractivity contribution is 5.84. The lowest BCUT2D eigenvalue weighted by Crippen LogP contribution is -2.12. The van der Waals surface area contributed by atoms with Gasteiger partial charge in [-0.25, -0.2) is 0 Å². The van der Waals surface area contributed by atoms with E-state index in [1.807, 2.05) is 72.8 Å². The van der Waals surface area contributed by atoms with Crippen molar-refractivity contribution in [3.05, 3.63) is 359 Å². The van der Waals surface area contributed by atoms with Gasteiger partial charge in [-0.2, -0.15) is 0 Å². The highest BCUT2D eigenvalue weighted by atomic mass is 16.5. The molecular formula is C94H88N2O8. The van der Waals surface area contributed by atoms with E-state index in [0.717, 1.165) is 145 Å². The Morgan fingerprint density at radius 2 is 0.471 bits per heavy atom. The average Bonchev–Trinajstić information content (AvgIpc) is 0.714. The van der Waals surface area contributed by atoms with Gasteiger partial charge in [-0.05, 0) is 296 Å². The molecule has 0 saturated carbocycles. The fraction of sp³-hybridized carbons (Fsp3) is 0.149. The van der Waals surface area contributed by atoms with Gasteiger partial charge in [0, 0.05) is 59.8 Å². The zero-order valence-corrected chi connectivity index (χ0v) is 59.6. The second-order valence-electron chi connectivity index (χ2n) is 25.6. The van der Waals surface area contributed by atoms with E-state index in [0.29, 0.717) is 25.7 Å². The van der Waals surface area contributed by atoms with Crippen molar-refractivity contribution in [3.63, 3.8) is 0 Å². The minimum Gasteiger partial charge on any atom is -0.461 e. The quantitative estimate of drug-likeness (QED) is 0.0281. The van der Waals surface area contributed by atoms with Crippen molar-refractivity contribution >= 4 is 107 Å². The van der Waals surface area contributed by atoms with Crippen LogP contribution in [0.3, 0.4) is 0 Å². The fourth-order valence-corrected chi connectivity index (χ4v) is 12.5. The zero-order chi connectivity index (χ0) is 73.5. The minimum absolute atomic E-state index is 0.154. The Morgan fingerprint density at radius 3 is 0.654 bits per heavy atom. The first-order valence-electron chi connectivity index (χ1n) is 34.9. The van der Waals surface area contributed by atoms with Gasteiger partial charge in [0.25, 0.3) is 0 Å². The Kier molecular flexibility index (Phi) is 25.9. The monoisotopic (exact) mass is 1370 g/mol. The van der Waals surface area contributed by atoms with Crippen LogP contribution < -0.4 is 9.80 Å². The first kappa shape index (κ1) is 74.3. The van der Waals surface area contributed by atoms with Gasteiger partial charge in [0.1, 0.15) is 26.4 Å². The number of esters is 4. The summed E-state index contributed by atoms with van der Waals surface area (Å²) < 4.78 is 22.9. The number of carbonyl (C=O) groups excluding carboxylic acids is 4. The Hall–Kier alpha value is -12.4. The lowest BCUT2D eigenvalue weighted by atomic mass is 9.98. The van der Waals surface area contributed by atoms with Crippen molar-refractivity contribution < 1.29 is 38.1 Å². The summed E-state index contributed by atoms with van der Waals surface area (Å²) >= 11 is 0. The van der Waals surface area contributed by atoms with Crippen LogP contribution in [0.2, 0.25) is 0 Å². The van der Waals surface area contributed by atoms with Gasteiger partial charge in [0.15, 0.2) is 0 Å². The lowest BCUT2D eigenvalue weighted by Gasteiger charge is -2.28. The van der Waals surface area contributed by atoms with Crippen LogP contribution >= 0.6 is 0 Å². The Labute approximate surface area is 612 Å². The van der Waals surface area contributed by atoms with Crippen molar-refractivity contribution in [2.24, 2.45) is 0 Å². The Balaban J connectivity index is 0.879. The molecule has 0 aromatic heterocycles. The summed E-state index contributed by atoms with van der Waals surface area (Å²) in [6.45, 7) is 36.0. The predicted octanol–water partition coefficient (Wildman–Crippen LogP) is 22.8.